The van der Waals surface area contributed by atoms with Gasteiger partial charge in [0.15, 0.2) is 8.37 Å². The molecule has 0 N–H and O–H groups in total. The maximum atomic E-state index is 5.18. The first kappa shape index (κ1) is 27.9. The number of nitrogens with zero attached hydrogens (tertiary/aromatic N) is 4. The van der Waals surface area contributed by atoms with Crippen LogP contribution in [0.25, 0.3) is 0 Å². The van der Waals surface area contributed by atoms with Crippen molar-refractivity contribution in [1.82, 2.24) is 9.34 Å². The van der Waals surface area contributed by atoms with Crippen LogP contribution in [0.4, 0.5) is 0 Å². The van der Waals surface area contributed by atoms with Gasteiger partial charge in [0, 0.05) is 24.2 Å². The summed E-state index contributed by atoms with van der Waals surface area (Å²) in [5.74, 6) is 0. The summed E-state index contributed by atoms with van der Waals surface area (Å²) in [5.41, 5.74) is 1.75. The zero-order valence-electron chi connectivity index (χ0n) is 21.3. The van der Waals surface area contributed by atoms with Gasteiger partial charge in [0.05, 0.1) is 6.01 Å². The lowest BCUT2D eigenvalue weighted by Crippen LogP contribution is -2.43. The zero-order valence-corrected chi connectivity index (χ0v) is 23.2. The molecular formula is C22H49N4PSi. The first-order valence-electron chi connectivity index (χ1n) is 11.3. The molecule has 0 radical (unpaired) electrons. The molecule has 0 aliphatic carbocycles. The Balaban J connectivity index is 6.42. The number of hydrogen-bond acceptors (Lipinski definition) is 4. The van der Waals surface area contributed by atoms with Gasteiger partial charge in [-0.2, -0.15) is 4.76 Å². The van der Waals surface area contributed by atoms with Crippen LogP contribution in [-0.4, -0.2) is 47.8 Å². The molecule has 0 atom stereocenters. The summed E-state index contributed by atoms with van der Waals surface area (Å²) in [7, 11) is -2.73. The Morgan fingerprint density at radius 2 is 0.857 bits per heavy atom. The van der Waals surface area contributed by atoms with E-state index >= 15 is 0 Å². The second-order valence-corrected chi connectivity index (χ2v) is 17.2. The minimum atomic E-state index is -1.88. The summed E-state index contributed by atoms with van der Waals surface area (Å²) in [6, 6.07) is 5.03. The SMILES string of the molecule is CC(C)N(C(C)C)P(N=C=N[Si](C(C)C)(C(C)C)C(C)C)N(C(C)C)C(C)C. The molecule has 0 rings (SSSR count). The second kappa shape index (κ2) is 12.0. The van der Waals surface area contributed by atoms with Crippen LogP contribution < -0.4 is 0 Å². The highest BCUT2D eigenvalue weighted by molar-refractivity contribution is 7.51. The molecule has 0 aromatic rings. The van der Waals surface area contributed by atoms with Crippen molar-refractivity contribution in [2.24, 2.45) is 9.42 Å². The molecule has 0 amide bonds. The average molecular weight is 429 g/mol. The molecule has 28 heavy (non-hydrogen) atoms. The average Bonchev–Trinajstić information content (AvgIpc) is 2.48. The maximum Gasteiger partial charge on any atom is 0.203 e. The Labute approximate surface area is 179 Å². The van der Waals surface area contributed by atoms with Gasteiger partial charge in [-0.15, -0.1) is 0 Å². The Kier molecular flexibility index (Phi) is 11.9. The van der Waals surface area contributed by atoms with Crippen LogP contribution >= 0.6 is 8.37 Å². The van der Waals surface area contributed by atoms with Crippen LogP contribution in [0.1, 0.15) is 96.9 Å². The monoisotopic (exact) mass is 428 g/mol. The van der Waals surface area contributed by atoms with Gasteiger partial charge in [-0.1, -0.05) is 41.5 Å². The molecule has 0 aromatic heterocycles. The third kappa shape index (κ3) is 6.74. The minimum Gasteiger partial charge on any atom is -0.265 e. The fourth-order valence-electron chi connectivity index (χ4n) is 4.78. The molecular weight excluding hydrogens is 379 g/mol. The fourth-order valence-corrected chi connectivity index (χ4v) is 12.1. The second-order valence-electron chi connectivity index (χ2n) is 10.1. The van der Waals surface area contributed by atoms with Crippen molar-refractivity contribution in [2.45, 2.75) is 138 Å². The standard InChI is InChI=1S/C22H49N4PSi/c1-16(2)25(17(3)4)27(26(18(5)6)19(7)8)23-15-24-28(20(9)10,21(11)12)22(13)14/h16-22H,1-14H3. The van der Waals surface area contributed by atoms with Crippen molar-refractivity contribution in [3.05, 3.63) is 0 Å². The first-order chi connectivity index (χ1) is 12.7. The predicted molar refractivity (Wildman–Crippen MR) is 132 cm³/mol. The van der Waals surface area contributed by atoms with Crippen LogP contribution in [0, 0.1) is 0 Å². The lowest BCUT2D eigenvalue weighted by molar-refractivity contribution is 0.256. The van der Waals surface area contributed by atoms with E-state index in [4.69, 9.17) is 9.42 Å². The van der Waals surface area contributed by atoms with Crippen LogP contribution in [0.15, 0.2) is 9.42 Å². The smallest absolute Gasteiger partial charge is 0.203 e. The normalized spacial score (nSPS) is 13.6. The largest absolute Gasteiger partial charge is 0.265 e. The zero-order chi connectivity index (χ0) is 22.4. The summed E-state index contributed by atoms with van der Waals surface area (Å²) in [6.07, 6.45) is 0. The van der Waals surface area contributed by atoms with Crippen molar-refractivity contribution in [2.75, 3.05) is 0 Å². The summed E-state index contributed by atoms with van der Waals surface area (Å²) in [6.45, 7) is 32.2. The van der Waals surface area contributed by atoms with E-state index in [2.05, 4.69) is 112 Å². The molecule has 0 spiro atoms. The van der Waals surface area contributed by atoms with Gasteiger partial charge in [0.1, 0.15) is 0 Å². The Morgan fingerprint density at radius 3 is 1.07 bits per heavy atom. The van der Waals surface area contributed by atoms with Gasteiger partial charge in [-0.25, -0.2) is 9.34 Å². The van der Waals surface area contributed by atoms with E-state index in [1.54, 1.807) is 0 Å². The first-order valence-corrected chi connectivity index (χ1v) is 14.6. The van der Waals surface area contributed by atoms with Gasteiger partial charge in [-0.05, 0) is 72.0 Å². The highest BCUT2D eigenvalue weighted by atomic mass is 31.1. The molecule has 0 heterocycles. The van der Waals surface area contributed by atoms with Crippen LogP contribution in [0.3, 0.4) is 0 Å². The van der Waals surface area contributed by atoms with E-state index in [1.807, 2.05) is 0 Å². The van der Waals surface area contributed by atoms with Gasteiger partial charge in [0.2, 0.25) is 8.24 Å². The lowest BCUT2D eigenvalue weighted by atomic mass is 10.3. The molecule has 0 aliphatic rings. The summed E-state index contributed by atoms with van der Waals surface area (Å²) in [4.78, 5) is 0. The quantitative estimate of drug-likeness (QED) is 0.191. The fraction of sp³-hybridized carbons (Fsp3) is 0.955. The number of hydrogen-bond donors (Lipinski definition) is 0. The maximum absolute atomic E-state index is 5.18. The molecule has 0 aliphatic heterocycles. The van der Waals surface area contributed by atoms with Gasteiger partial charge < -0.3 is 0 Å². The third-order valence-electron chi connectivity index (χ3n) is 5.68. The van der Waals surface area contributed by atoms with Crippen molar-refractivity contribution in [3.8, 4) is 0 Å². The van der Waals surface area contributed by atoms with Gasteiger partial charge >= 0.3 is 0 Å². The van der Waals surface area contributed by atoms with Crippen molar-refractivity contribution in [1.29, 1.82) is 0 Å². The van der Waals surface area contributed by atoms with Gasteiger partial charge in [0.25, 0.3) is 0 Å². The molecule has 0 saturated heterocycles. The molecule has 4 nitrogen and oxygen atoms in total. The van der Waals surface area contributed by atoms with Crippen LogP contribution in [-0.2, 0) is 0 Å². The summed E-state index contributed by atoms with van der Waals surface area (Å²) in [5, 5.41) is 0. The minimum absolute atomic E-state index is 0.430. The predicted octanol–water partition coefficient (Wildman–Crippen LogP) is 7.80. The molecule has 0 saturated carbocycles. The van der Waals surface area contributed by atoms with E-state index in [0.717, 1.165) is 0 Å². The molecule has 166 valence electrons. The van der Waals surface area contributed by atoms with Crippen LogP contribution in [0.5, 0.6) is 0 Å². The van der Waals surface area contributed by atoms with Crippen molar-refractivity contribution >= 4 is 22.6 Å². The van der Waals surface area contributed by atoms with Crippen molar-refractivity contribution < 1.29 is 0 Å². The molecule has 0 unspecified atom stereocenters. The van der Waals surface area contributed by atoms with E-state index in [-0.39, 0.29) is 0 Å². The highest BCUT2D eigenvalue weighted by Gasteiger charge is 2.44. The summed E-state index contributed by atoms with van der Waals surface area (Å²) >= 11 is 0. The Bertz CT molecular complexity index is 451. The molecule has 6 heteroatoms. The topological polar surface area (TPSA) is 31.2 Å². The van der Waals surface area contributed by atoms with E-state index in [1.165, 1.54) is 0 Å². The summed E-state index contributed by atoms with van der Waals surface area (Å²) < 4.78 is 15.3. The van der Waals surface area contributed by atoms with E-state index in [0.29, 0.717) is 40.8 Å². The molecule has 0 aromatic carbocycles. The van der Waals surface area contributed by atoms with Crippen molar-refractivity contribution in [3.63, 3.8) is 0 Å². The highest BCUT2D eigenvalue weighted by Crippen LogP contribution is 2.51. The lowest BCUT2D eigenvalue weighted by Gasteiger charge is -2.43. The molecule has 0 fully saturated rings. The van der Waals surface area contributed by atoms with E-state index < -0.39 is 16.6 Å². The van der Waals surface area contributed by atoms with E-state index in [9.17, 15) is 0 Å². The van der Waals surface area contributed by atoms with Gasteiger partial charge in [-0.3, -0.25) is 4.66 Å². The number of rotatable bonds is 11. The van der Waals surface area contributed by atoms with Crippen LogP contribution in [0.2, 0.25) is 16.6 Å². The molecule has 0 bridgehead atoms. The third-order valence-corrected chi connectivity index (χ3v) is 14.7. The Morgan fingerprint density at radius 1 is 0.571 bits per heavy atom. The Hall–Kier alpha value is -0.0531.